The first-order valence-electron chi connectivity index (χ1n) is 17.1. The van der Waals surface area contributed by atoms with Gasteiger partial charge in [0, 0.05) is 30.2 Å². The summed E-state index contributed by atoms with van der Waals surface area (Å²) in [5, 5.41) is 5.77. The highest BCUT2D eigenvalue weighted by molar-refractivity contribution is 6.99. The van der Waals surface area contributed by atoms with Crippen molar-refractivity contribution in [2.24, 2.45) is 17.8 Å². The van der Waals surface area contributed by atoms with E-state index in [1.165, 1.54) is 10.4 Å². The molecule has 0 aromatic heterocycles. The van der Waals surface area contributed by atoms with Crippen molar-refractivity contribution in [1.29, 1.82) is 0 Å². The zero-order valence-electron chi connectivity index (χ0n) is 27.9. The molecule has 2 spiro atoms. The molecule has 244 valence electrons. The third kappa shape index (κ3) is 5.48. The van der Waals surface area contributed by atoms with Gasteiger partial charge in [0.1, 0.15) is 5.60 Å². The number of amides is 1. The summed E-state index contributed by atoms with van der Waals surface area (Å²) in [7, 11) is -2.73. The van der Waals surface area contributed by atoms with E-state index in [1.54, 1.807) is 0 Å². The summed E-state index contributed by atoms with van der Waals surface area (Å²) in [6, 6.07) is 21.7. The Morgan fingerprint density at radius 1 is 0.844 bits per heavy atom. The van der Waals surface area contributed by atoms with Gasteiger partial charge in [-0.3, -0.25) is 0 Å². The van der Waals surface area contributed by atoms with Gasteiger partial charge < -0.3 is 19.2 Å². The van der Waals surface area contributed by atoms with Crippen LogP contribution in [0.2, 0.25) is 5.04 Å². The Morgan fingerprint density at radius 2 is 1.44 bits per heavy atom. The van der Waals surface area contributed by atoms with Gasteiger partial charge in [-0.25, -0.2) is 4.79 Å². The van der Waals surface area contributed by atoms with Crippen LogP contribution < -0.4 is 15.7 Å². The van der Waals surface area contributed by atoms with E-state index >= 15 is 0 Å². The summed E-state index contributed by atoms with van der Waals surface area (Å²) in [5.74, 6) is -0.721. The largest absolute Gasteiger partial charge is 0.444 e. The molecule has 7 atom stereocenters. The van der Waals surface area contributed by atoms with Crippen LogP contribution in [0.3, 0.4) is 0 Å². The summed E-state index contributed by atoms with van der Waals surface area (Å²) in [5.41, 5.74) is -0.798. The molecule has 4 bridgehead atoms. The first kappa shape index (κ1) is 31.4. The predicted molar refractivity (Wildman–Crippen MR) is 175 cm³/mol. The Kier molecular flexibility index (Phi) is 7.61. The van der Waals surface area contributed by atoms with Crippen LogP contribution >= 0.6 is 0 Å². The van der Waals surface area contributed by atoms with E-state index in [2.05, 4.69) is 86.8 Å². The lowest BCUT2D eigenvalue weighted by Gasteiger charge is -2.62. The Hall–Kier alpha value is -2.23. The zero-order chi connectivity index (χ0) is 31.7. The van der Waals surface area contributed by atoms with Crippen molar-refractivity contribution in [3.05, 3.63) is 60.7 Å². The van der Waals surface area contributed by atoms with Gasteiger partial charge in [0.2, 0.25) is 11.6 Å². The van der Waals surface area contributed by atoms with E-state index in [4.69, 9.17) is 23.7 Å². The minimum absolute atomic E-state index is 0.0270. The molecule has 6 aliphatic rings. The highest BCUT2D eigenvalue weighted by atomic mass is 28.4. The van der Waals surface area contributed by atoms with Crippen molar-refractivity contribution in [3.8, 4) is 0 Å². The van der Waals surface area contributed by atoms with Crippen molar-refractivity contribution < 1.29 is 28.5 Å². The Labute approximate surface area is 269 Å². The molecule has 45 heavy (non-hydrogen) atoms. The van der Waals surface area contributed by atoms with Crippen molar-refractivity contribution in [3.63, 3.8) is 0 Å². The minimum Gasteiger partial charge on any atom is -0.444 e. The standard InChI is InChI=1S/C37H51NO6Si/c1-33(2,3)40-32(39)38-35-22-26-20-27(23-35)37(28(21-26)24-35)42-36(43-44-37)19-13-14-29(25-36)41-45(34(4,5)6,30-15-9-7-10-16-30)31-17-11-8-12-18-31/h7-12,15-18,26-29H,13-14,19-25H2,1-6H3,(H,38,39)/t26?,27-,28?,29?,35?,36?,37?/m1/s1. The second kappa shape index (κ2) is 10.9. The molecule has 1 aliphatic heterocycles. The summed E-state index contributed by atoms with van der Waals surface area (Å²) in [6.45, 7) is 12.7. The number of hydrogen-bond acceptors (Lipinski definition) is 6. The molecule has 1 amide bonds. The molecule has 1 N–H and O–H groups in total. The molecule has 6 fully saturated rings. The van der Waals surface area contributed by atoms with Crippen LogP contribution in [0.4, 0.5) is 4.79 Å². The van der Waals surface area contributed by atoms with Crippen LogP contribution in [0.5, 0.6) is 0 Å². The molecule has 1 saturated heterocycles. The SMILES string of the molecule is CC(C)(C)OC(=O)NC12CC3CC(C1)C1(OOC4(CCCC(O[Si](c5ccccc5)(c5ccccc5)C(C)(C)C)C4)O1)[C@H](C3)C2. The quantitative estimate of drug-likeness (QED) is 0.283. The average molecular weight is 634 g/mol. The lowest BCUT2D eigenvalue weighted by Crippen LogP contribution is -2.69. The maximum Gasteiger partial charge on any atom is 0.408 e. The third-order valence-electron chi connectivity index (χ3n) is 11.1. The maximum absolute atomic E-state index is 12.9. The van der Waals surface area contributed by atoms with Crippen molar-refractivity contribution in [2.45, 2.75) is 133 Å². The smallest absolute Gasteiger partial charge is 0.408 e. The molecular formula is C37H51NO6Si. The average Bonchev–Trinajstić information content (AvgIpc) is 3.32. The Morgan fingerprint density at radius 3 is 2.00 bits per heavy atom. The van der Waals surface area contributed by atoms with E-state index in [0.717, 1.165) is 51.4 Å². The van der Waals surface area contributed by atoms with Gasteiger partial charge in [0.25, 0.3) is 8.32 Å². The fourth-order valence-corrected chi connectivity index (χ4v) is 14.4. The number of alkyl carbamates (subject to hydrolysis) is 1. The van der Waals surface area contributed by atoms with E-state index in [1.807, 2.05) is 20.8 Å². The fourth-order valence-electron chi connectivity index (χ4n) is 9.73. The molecule has 7 nitrogen and oxygen atoms in total. The highest BCUT2D eigenvalue weighted by Gasteiger charge is 2.70. The number of rotatable bonds is 5. The molecular weight excluding hydrogens is 582 g/mol. The van der Waals surface area contributed by atoms with Crippen LogP contribution in [-0.4, -0.2) is 43.2 Å². The maximum atomic E-state index is 12.9. The van der Waals surface area contributed by atoms with Gasteiger partial charge in [-0.05, 0) is 87.0 Å². The van der Waals surface area contributed by atoms with Crippen LogP contribution in [0.1, 0.15) is 99.3 Å². The number of benzene rings is 2. The zero-order valence-corrected chi connectivity index (χ0v) is 28.9. The normalized spacial score (nSPS) is 36.0. The second-order valence-corrected chi connectivity index (χ2v) is 20.9. The molecule has 8 rings (SSSR count). The van der Waals surface area contributed by atoms with Gasteiger partial charge in [-0.1, -0.05) is 81.4 Å². The number of nitrogens with one attached hydrogen (secondary N) is 1. The predicted octanol–water partition coefficient (Wildman–Crippen LogP) is 6.98. The molecule has 8 heteroatoms. The monoisotopic (exact) mass is 633 g/mol. The third-order valence-corrected chi connectivity index (χ3v) is 16.2. The van der Waals surface area contributed by atoms with E-state index in [9.17, 15) is 4.79 Å². The van der Waals surface area contributed by atoms with E-state index < -0.39 is 25.5 Å². The molecule has 0 radical (unpaired) electrons. The topological polar surface area (TPSA) is 75.3 Å². The highest BCUT2D eigenvalue weighted by Crippen LogP contribution is 2.65. The summed E-state index contributed by atoms with van der Waals surface area (Å²) >= 11 is 0. The molecule has 2 aromatic rings. The fraction of sp³-hybridized carbons (Fsp3) is 0.649. The van der Waals surface area contributed by atoms with Gasteiger partial charge in [0.05, 0.1) is 6.10 Å². The number of carbonyl (C=O) groups excluding carboxylic acids is 1. The van der Waals surface area contributed by atoms with Crippen molar-refractivity contribution in [1.82, 2.24) is 5.32 Å². The van der Waals surface area contributed by atoms with Crippen LogP contribution in [0.15, 0.2) is 60.7 Å². The van der Waals surface area contributed by atoms with Crippen LogP contribution in [-0.2, 0) is 23.7 Å². The summed E-state index contributed by atoms with van der Waals surface area (Å²) in [6.07, 6.45) is 7.70. The number of carbonyl (C=O) groups is 1. The summed E-state index contributed by atoms with van der Waals surface area (Å²) < 4.78 is 20.4. The first-order chi connectivity index (χ1) is 21.3. The lowest BCUT2D eigenvalue weighted by molar-refractivity contribution is -0.392. The van der Waals surface area contributed by atoms with Crippen molar-refractivity contribution >= 4 is 24.8 Å². The van der Waals surface area contributed by atoms with Gasteiger partial charge in [-0.2, -0.15) is 9.78 Å². The summed E-state index contributed by atoms with van der Waals surface area (Å²) in [4.78, 5) is 25.7. The van der Waals surface area contributed by atoms with E-state index in [0.29, 0.717) is 12.3 Å². The molecule has 2 aromatic carbocycles. The van der Waals surface area contributed by atoms with Gasteiger partial charge >= 0.3 is 6.09 Å². The van der Waals surface area contributed by atoms with Crippen molar-refractivity contribution in [2.75, 3.05) is 0 Å². The second-order valence-electron chi connectivity index (χ2n) is 16.7. The number of hydrogen-bond donors (Lipinski definition) is 1. The Balaban J connectivity index is 1.13. The Bertz CT molecular complexity index is 1330. The van der Waals surface area contributed by atoms with Crippen LogP contribution in [0.25, 0.3) is 0 Å². The molecule has 5 saturated carbocycles. The minimum atomic E-state index is -2.73. The first-order valence-corrected chi connectivity index (χ1v) is 19.0. The van der Waals surface area contributed by atoms with E-state index in [-0.39, 0.29) is 34.6 Å². The van der Waals surface area contributed by atoms with Gasteiger partial charge in [-0.15, -0.1) is 0 Å². The van der Waals surface area contributed by atoms with Gasteiger partial charge in [0.15, 0.2) is 0 Å². The molecule has 5 aliphatic carbocycles. The van der Waals surface area contributed by atoms with Crippen LogP contribution in [0, 0.1) is 17.8 Å². The number of ether oxygens (including phenoxy) is 2. The molecule has 1 heterocycles. The molecule has 6 unspecified atom stereocenters. The lowest BCUT2D eigenvalue weighted by atomic mass is 9.50.